The minimum Gasteiger partial charge on any atom is -0.377 e. The summed E-state index contributed by atoms with van der Waals surface area (Å²) in [6.45, 7) is 0. The van der Waals surface area contributed by atoms with Crippen LogP contribution in [-0.4, -0.2) is 21.1 Å². The first-order chi connectivity index (χ1) is 11.0. The van der Waals surface area contributed by atoms with Gasteiger partial charge in [-0.2, -0.15) is 4.98 Å². The van der Waals surface area contributed by atoms with Crippen molar-refractivity contribution in [1.29, 1.82) is 0 Å². The van der Waals surface area contributed by atoms with Crippen molar-refractivity contribution in [1.82, 2.24) is 10.1 Å². The van der Waals surface area contributed by atoms with E-state index in [-0.39, 0.29) is 24.0 Å². The highest BCUT2D eigenvalue weighted by Gasteiger charge is 2.39. The number of nitrogens with zero attached hydrogens (tertiary/aromatic N) is 3. The van der Waals surface area contributed by atoms with Gasteiger partial charge >= 0.3 is 0 Å². The fourth-order valence-corrected chi connectivity index (χ4v) is 2.71. The average Bonchev–Trinajstić information content (AvgIpc) is 3.17. The van der Waals surface area contributed by atoms with E-state index in [9.17, 15) is 10.1 Å². The lowest BCUT2D eigenvalue weighted by molar-refractivity contribution is -0.383. The van der Waals surface area contributed by atoms with Gasteiger partial charge in [-0.15, -0.1) is 12.4 Å². The molecule has 0 bridgehead atoms. The first kappa shape index (κ1) is 16.7. The van der Waals surface area contributed by atoms with Crippen LogP contribution in [0.3, 0.4) is 0 Å². The first-order valence-corrected chi connectivity index (χ1v) is 7.74. The van der Waals surface area contributed by atoms with Crippen molar-refractivity contribution in [2.45, 2.75) is 43.7 Å². The van der Waals surface area contributed by atoms with Gasteiger partial charge in [0, 0.05) is 17.7 Å². The number of nitrogens with two attached hydrogens (primary N) is 1. The Labute approximate surface area is 144 Å². The van der Waals surface area contributed by atoms with Crippen molar-refractivity contribution in [2.24, 2.45) is 5.73 Å². The summed E-state index contributed by atoms with van der Waals surface area (Å²) in [4.78, 5) is 15.2. The Morgan fingerprint density at radius 2 is 2.12 bits per heavy atom. The van der Waals surface area contributed by atoms with Crippen molar-refractivity contribution in [3.05, 3.63) is 34.1 Å². The summed E-state index contributed by atoms with van der Waals surface area (Å²) in [6, 6.07) is 5.24. The van der Waals surface area contributed by atoms with E-state index in [1.807, 2.05) is 0 Å². The number of anilines is 1. The van der Waals surface area contributed by atoms with Gasteiger partial charge in [0.2, 0.25) is 0 Å². The Hall–Kier alpha value is -2.19. The van der Waals surface area contributed by atoms with Crippen LogP contribution in [0.1, 0.15) is 37.9 Å². The molecule has 4 rings (SSSR count). The van der Waals surface area contributed by atoms with E-state index >= 15 is 0 Å². The predicted molar refractivity (Wildman–Crippen MR) is 90.0 cm³/mol. The Kier molecular flexibility index (Phi) is 4.18. The number of hydrogen-bond donors (Lipinski definition) is 2. The van der Waals surface area contributed by atoms with Gasteiger partial charge in [0.1, 0.15) is 5.69 Å². The van der Waals surface area contributed by atoms with Gasteiger partial charge in [-0.3, -0.25) is 10.1 Å². The second-order valence-electron chi connectivity index (χ2n) is 6.34. The fraction of sp³-hybridized carbons (Fsp3) is 0.467. The fourth-order valence-electron chi connectivity index (χ4n) is 2.71. The van der Waals surface area contributed by atoms with E-state index in [1.165, 1.54) is 6.07 Å². The Bertz CT molecular complexity index is 770. The van der Waals surface area contributed by atoms with Crippen molar-refractivity contribution in [3.8, 4) is 11.5 Å². The lowest BCUT2D eigenvalue weighted by Gasteiger charge is -2.34. The van der Waals surface area contributed by atoms with Gasteiger partial charge in [-0.05, 0) is 44.2 Å². The molecule has 1 aromatic carbocycles. The molecular formula is C15H18ClN5O3. The zero-order chi connectivity index (χ0) is 16.0. The highest BCUT2D eigenvalue weighted by Crippen LogP contribution is 2.38. The number of benzene rings is 1. The molecule has 2 saturated carbocycles. The number of nitro groups is 1. The molecule has 0 saturated heterocycles. The van der Waals surface area contributed by atoms with Gasteiger partial charge in [-0.1, -0.05) is 5.16 Å². The molecule has 2 aliphatic carbocycles. The average molecular weight is 352 g/mol. The normalized spacial score (nSPS) is 18.4. The summed E-state index contributed by atoms with van der Waals surface area (Å²) < 4.78 is 5.26. The third-order valence-electron chi connectivity index (χ3n) is 4.50. The molecule has 128 valence electrons. The van der Waals surface area contributed by atoms with Crippen LogP contribution in [0.2, 0.25) is 0 Å². The highest BCUT2D eigenvalue weighted by atomic mass is 35.5. The third-order valence-corrected chi connectivity index (χ3v) is 4.50. The van der Waals surface area contributed by atoms with Crippen molar-refractivity contribution < 1.29 is 9.45 Å². The molecule has 0 unspecified atom stereocenters. The van der Waals surface area contributed by atoms with Crippen LogP contribution in [0.4, 0.5) is 11.4 Å². The maximum atomic E-state index is 11.3. The van der Waals surface area contributed by atoms with Crippen LogP contribution in [0.15, 0.2) is 22.7 Å². The molecule has 2 aromatic rings. The molecular weight excluding hydrogens is 334 g/mol. The second-order valence-corrected chi connectivity index (χ2v) is 6.34. The standard InChI is InChI=1S/C15H17N5O3.ClH/c16-15(6-1-7-15)14-18-13(23-19-14)9-2-5-11(17-10-3-4-10)12(8-9)20(21)22;/h2,5,8,10,17H,1,3-4,6-7,16H2;1H. The van der Waals surface area contributed by atoms with E-state index in [0.29, 0.717) is 23.1 Å². The van der Waals surface area contributed by atoms with Gasteiger partial charge in [0.05, 0.1) is 10.5 Å². The van der Waals surface area contributed by atoms with Gasteiger partial charge in [-0.25, -0.2) is 0 Å². The lowest BCUT2D eigenvalue weighted by Crippen LogP contribution is -2.44. The van der Waals surface area contributed by atoms with Gasteiger partial charge in [0.25, 0.3) is 11.6 Å². The Balaban J connectivity index is 0.00000169. The molecule has 3 N–H and O–H groups in total. The van der Waals surface area contributed by atoms with Crippen LogP contribution in [0.5, 0.6) is 0 Å². The van der Waals surface area contributed by atoms with Gasteiger partial charge in [0.15, 0.2) is 5.82 Å². The van der Waals surface area contributed by atoms with Crippen LogP contribution < -0.4 is 11.1 Å². The highest BCUT2D eigenvalue weighted by molar-refractivity contribution is 5.85. The summed E-state index contributed by atoms with van der Waals surface area (Å²) in [5.41, 5.74) is 6.73. The molecule has 0 amide bonds. The summed E-state index contributed by atoms with van der Waals surface area (Å²) in [6.07, 6.45) is 4.80. The van der Waals surface area contributed by atoms with Crippen molar-refractivity contribution >= 4 is 23.8 Å². The molecule has 9 heteroatoms. The molecule has 0 atom stereocenters. The summed E-state index contributed by atoms with van der Waals surface area (Å²) >= 11 is 0. The summed E-state index contributed by atoms with van der Waals surface area (Å²) in [7, 11) is 0. The maximum Gasteiger partial charge on any atom is 0.293 e. The molecule has 0 radical (unpaired) electrons. The van der Waals surface area contributed by atoms with E-state index in [4.69, 9.17) is 10.3 Å². The van der Waals surface area contributed by atoms with Crippen LogP contribution in [-0.2, 0) is 5.54 Å². The number of nitrogens with one attached hydrogen (secondary N) is 1. The number of halogens is 1. The zero-order valence-corrected chi connectivity index (χ0v) is 13.7. The monoisotopic (exact) mass is 351 g/mol. The van der Waals surface area contributed by atoms with Crippen LogP contribution in [0, 0.1) is 10.1 Å². The van der Waals surface area contributed by atoms with Crippen LogP contribution >= 0.6 is 12.4 Å². The third kappa shape index (κ3) is 2.94. The minimum atomic E-state index is -0.513. The summed E-state index contributed by atoms with van der Waals surface area (Å²) in [5, 5.41) is 18.4. The maximum absolute atomic E-state index is 11.3. The smallest absolute Gasteiger partial charge is 0.293 e. The predicted octanol–water partition coefficient (Wildman–Crippen LogP) is 2.98. The summed E-state index contributed by atoms with van der Waals surface area (Å²) in [5.74, 6) is 0.736. The quantitative estimate of drug-likeness (QED) is 0.627. The molecule has 24 heavy (non-hydrogen) atoms. The molecule has 1 aromatic heterocycles. The molecule has 0 aliphatic heterocycles. The van der Waals surface area contributed by atoms with Crippen molar-refractivity contribution in [3.63, 3.8) is 0 Å². The van der Waals surface area contributed by atoms with E-state index in [1.54, 1.807) is 12.1 Å². The molecule has 8 nitrogen and oxygen atoms in total. The topological polar surface area (TPSA) is 120 Å². The largest absolute Gasteiger partial charge is 0.377 e. The molecule has 2 fully saturated rings. The Morgan fingerprint density at radius 3 is 2.71 bits per heavy atom. The first-order valence-electron chi connectivity index (χ1n) is 7.74. The number of rotatable bonds is 5. The molecule has 2 aliphatic rings. The number of aromatic nitrogens is 2. The second kappa shape index (κ2) is 6.03. The minimum absolute atomic E-state index is 0. The van der Waals surface area contributed by atoms with Gasteiger partial charge < -0.3 is 15.6 Å². The number of nitro benzene ring substituents is 1. The van der Waals surface area contributed by atoms with E-state index in [2.05, 4.69) is 15.5 Å². The SMILES string of the molecule is Cl.NC1(c2noc(-c3ccc(NC4CC4)c([N+](=O)[O-])c3)n2)CCC1. The number of hydrogen-bond acceptors (Lipinski definition) is 7. The van der Waals surface area contributed by atoms with E-state index < -0.39 is 10.5 Å². The van der Waals surface area contributed by atoms with Crippen LogP contribution in [0.25, 0.3) is 11.5 Å². The molecule has 1 heterocycles. The molecule has 0 spiro atoms. The van der Waals surface area contributed by atoms with Crippen molar-refractivity contribution in [2.75, 3.05) is 5.32 Å². The van der Waals surface area contributed by atoms with E-state index in [0.717, 1.165) is 32.1 Å². The lowest BCUT2D eigenvalue weighted by atomic mass is 9.77. The Morgan fingerprint density at radius 1 is 1.38 bits per heavy atom. The zero-order valence-electron chi connectivity index (χ0n) is 12.9.